The number of aliphatic carboxylic acids is 1. The second-order valence-electron chi connectivity index (χ2n) is 2.64. The van der Waals surface area contributed by atoms with Gasteiger partial charge in [0, 0.05) is 0 Å². The summed E-state index contributed by atoms with van der Waals surface area (Å²) in [7, 11) is 0. The molecule has 0 aromatic carbocycles. The van der Waals surface area contributed by atoms with E-state index in [4.69, 9.17) is 5.11 Å². The number of carboxylic acid groups (broad SMARTS) is 1. The van der Waals surface area contributed by atoms with E-state index in [1.54, 1.807) is 6.26 Å². The highest BCUT2D eigenvalue weighted by molar-refractivity contribution is 7.98. The number of amides is 1. The highest BCUT2D eigenvalue weighted by atomic mass is 32.2. The minimum atomic E-state index is -5.05. The highest BCUT2D eigenvalue weighted by Crippen LogP contribution is 2.15. The fourth-order valence-electron chi connectivity index (χ4n) is 0.733. The molecule has 0 aromatic rings. The van der Waals surface area contributed by atoms with Crippen LogP contribution in [0.5, 0.6) is 0 Å². The normalized spacial score (nSPS) is 13.3. The lowest BCUT2D eigenvalue weighted by atomic mass is 10.2. The van der Waals surface area contributed by atoms with Gasteiger partial charge in [-0.05, 0) is 18.4 Å². The molecular weight excluding hydrogens is 235 g/mol. The molecular formula is C7H10F3NO3S. The van der Waals surface area contributed by atoms with E-state index >= 15 is 0 Å². The lowest BCUT2D eigenvalue weighted by Gasteiger charge is -2.14. The number of rotatable bonds is 5. The van der Waals surface area contributed by atoms with Crippen molar-refractivity contribution in [1.29, 1.82) is 0 Å². The standard InChI is InChI=1S/C7H10F3NO3S/c1-15-3-2-4(5(12)13)11-6(14)7(8,9)10/h4H,2-3H2,1H3,(H,11,14)(H,12,13). The summed E-state index contributed by atoms with van der Waals surface area (Å²) in [5.74, 6) is -3.34. The molecule has 0 bridgehead atoms. The third-order valence-corrected chi connectivity index (χ3v) is 2.12. The van der Waals surface area contributed by atoms with Gasteiger partial charge in [0.1, 0.15) is 6.04 Å². The second kappa shape index (κ2) is 5.84. The second-order valence-corrected chi connectivity index (χ2v) is 3.63. The van der Waals surface area contributed by atoms with Crippen LogP contribution in [0.3, 0.4) is 0 Å². The Balaban J connectivity index is 4.29. The molecule has 8 heteroatoms. The molecule has 15 heavy (non-hydrogen) atoms. The largest absolute Gasteiger partial charge is 0.480 e. The van der Waals surface area contributed by atoms with Crippen molar-refractivity contribution in [3.05, 3.63) is 0 Å². The molecule has 0 aliphatic rings. The maximum atomic E-state index is 11.8. The van der Waals surface area contributed by atoms with Gasteiger partial charge in [-0.3, -0.25) is 4.79 Å². The zero-order valence-corrected chi connectivity index (χ0v) is 8.61. The zero-order valence-electron chi connectivity index (χ0n) is 7.80. The number of halogens is 3. The van der Waals surface area contributed by atoms with E-state index in [-0.39, 0.29) is 6.42 Å². The van der Waals surface area contributed by atoms with Crippen LogP contribution in [0, 0.1) is 0 Å². The SMILES string of the molecule is CSCCC(NC(=O)C(F)(F)F)C(=O)O. The molecule has 0 saturated heterocycles. The number of hydrogen-bond acceptors (Lipinski definition) is 3. The monoisotopic (exact) mass is 245 g/mol. The third kappa shape index (κ3) is 5.50. The number of hydrogen-bond donors (Lipinski definition) is 2. The average Bonchev–Trinajstić information content (AvgIpc) is 2.09. The quantitative estimate of drug-likeness (QED) is 0.754. The van der Waals surface area contributed by atoms with E-state index in [9.17, 15) is 22.8 Å². The van der Waals surface area contributed by atoms with Gasteiger partial charge < -0.3 is 10.4 Å². The summed E-state index contributed by atoms with van der Waals surface area (Å²) < 4.78 is 35.4. The van der Waals surface area contributed by atoms with Crippen LogP contribution in [-0.4, -0.2) is 41.2 Å². The molecule has 0 fully saturated rings. The van der Waals surface area contributed by atoms with Crippen LogP contribution in [-0.2, 0) is 9.59 Å². The first kappa shape index (κ1) is 14.1. The van der Waals surface area contributed by atoms with Gasteiger partial charge >= 0.3 is 18.1 Å². The molecule has 2 N–H and O–H groups in total. The van der Waals surface area contributed by atoms with Gasteiger partial charge in [0.25, 0.3) is 0 Å². The topological polar surface area (TPSA) is 66.4 Å². The number of carboxylic acids is 1. The van der Waals surface area contributed by atoms with Crippen molar-refractivity contribution in [3.63, 3.8) is 0 Å². The van der Waals surface area contributed by atoms with Gasteiger partial charge in [-0.25, -0.2) is 4.79 Å². The van der Waals surface area contributed by atoms with Crippen molar-refractivity contribution in [2.45, 2.75) is 18.6 Å². The number of carbonyl (C=O) groups is 2. The van der Waals surface area contributed by atoms with Crippen LogP contribution in [0.15, 0.2) is 0 Å². The third-order valence-electron chi connectivity index (χ3n) is 1.47. The van der Waals surface area contributed by atoms with Crippen molar-refractivity contribution >= 4 is 23.6 Å². The number of alkyl halides is 3. The predicted molar refractivity (Wildman–Crippen MR) is 48.6 cm³/mol. The van der Waals surface area contributed by atoms with Crippen LogP contribution in [0.25, 0.3) is 0 Å². The van der Waals surface area contributed by atoms with Gasteiger partial charge in [-0.1, -0.05) is 0 Å². The van der Waals surface area contributed by atoms with Crippen LogP contribution >= 0.6 is 11.8 Å². The molecule has 1 unspecified atom stereocenters. The van der Waals surface area contributed by atoms with E-state index in [0.29, 0.717) is 5.75 Å². The Kier molecular flexibility index (Phi) is 5.48. The smallest absolute Gasteiger partial charge is 0.471 e. The molecule has 0 aromatic heterocycles. The zero-order chi connectivity index (χ0) is 12.1. The maximum absolute atomic E-state index is 11.8. The molecule has 1 atom stereocenters. The minimum Gasteiger partial charge on any atom is -0.480 e. The lowest BCUT2D eigenvalue weighted by molar-refractivity contribution is -0.175. The Hall–Kier alpha value is -0.920. The first-order valence-electron chi connectivity index (χ1n) is 3.88. The molecule has 0 spiro atoms. The molecule has 0 aliphatic heterocycles. The minimum absolute atomic E-state index is 0.0433. The van der Waals surface area contributed by atoms with E-state index in [1.165, 1.54) is 17.1 Å². The van der Waals surface area contributed by atoms with Crippen LogP contribution in [0.1, 0.15) is 6.42 Å². The summed E-state index contributed by atoms with van der Waals surface area (Å²) >= 11 is 1.29. The Morgan fingerprint density at radius 2 is 2.00 bits per heavy atom. The summed E-state index contributed by atoms with van der Waals surface area (Å²) in [5.41, 5.74) is 0. The van der Waals surface area contributed by atoms with Gasteiger partial charge in [-0.15, -0.1) is 0 Å². The van der Waals surface area contributed by atoms with Gasteiger partial charge in [0.05, 0.1) is 0 Å². The van der Waals surface area contributed by atoms with Gasteiger partial charge in [-0.2, -0.15) is 24.9 Å². The summed E-state index contributed by atoms with van der Waals surface area (Å²) in [6, 6.07) is -1.49. The van der Waals surface area contributed by atoms with E-state index in [1.807, 2.05) is 0 Å². The molecule has 0 radical (unpaired) electrons. The summed E-state index contributed by atoms with van der Waals surface area (Å²) in [4.78, 5) is 20.9. The Labute approximate surface area is 88.2 Å². The molecule has 88 valence electrons. The summed E-state index contributed by atoms with van der Waals surface area (Å²) in [6.07, 6.45) is -3.41. The van der Waals surface area contributed by atoms with Crippen molar-refractivity contribution < 1.29 is 27.9 Å². The number of carbonyl (C=O) groups excluding carboxylic acids is 1. The van der Waals surface area contributed by atoms with Crippen molar-refractivity contribution in [1.82, 2.24) is 5.32 Å². The molecule has 0 aliphatic carbocycles. The molecule has 4 nitrogen and oxygen atoms in total. The van der Waals surface area contributed by atoms with Gasteiger partial charge in [0.15, 0.2) is 0 Å². The lowest BCUT2D eigenvalue weighted by Crippen LogP contribution is -2.47. The van der Waals surface area contributed by atoms with Crippen molar-refractivity contribution in [2.75, 3.05) is 12.0 Å². The van der Waals surface area contributed by atoms with E-state index < -0.39 is 24.1 Å². The summed E-state index contributed by atoms with van der Waals surface area (Å²) in [5, 5.41) is 9.94. The van der Waals surface area contributed by atoms with Crippen molar-refractivity contribution in [3.8, 4) is 0 Å². The molecule has 1 amide bonds. The average molecular weight is 245 g/mol. The van der Waals surface area contributed by atoms with Gasteiger partial charge in [0.2, 0.25) is 0 Å². The van der Waals surface area contributed by atoms with E-state index in [0.717, 1.165) is 0 Å². The molecule has 0 heterocycles. The first-order chi connectivity index (χ1) is 6.79. The van der Waals surface area contributed by atoms with Crippen molar-refractivity contribution in [2.24, 2.45) is 0 Å². The predicted octanol–water partition coefficient (Wildman–Crippen LogP) is 0.871. The number of nitrogens with one attached hydrogen (secondary N) is 1. The Bertz CT molecular complexity index is 244. The Morgan fingerprint density at radius 1 is 1.47 bits per heavy atom. The van der Waals surface area contributed by atoms with E-state index in [2.05, 4.69) is 0 Å². The molecule has 0 saturated carbocycles. The maximum Gasteiger partial charge on any atom is 0.471 e. The fourth-order valence-corrected chi connectivity index (χ4v) is 1.20. The fraction of sp³-hybridized carbons (Fsp3) is 0.714. The number of thioether (sulfide) groups is 1. The summed E-state index contributed by atoms with van der Waals surface area (Å²) in [6.45, 7) is 0. The molecule has 0 rings (SSSR count). The highest BCUT2D eigenvalue weighted by Gasteiger charge is 2.40. The van der Waals surface area contributed by atoms with Crippen LogP contribution < -0.4 is 5.32 Å². The first-order valence-corrected chi connectivity index (χ1v) is 5.28. The Morgan fingerprint density at radius 3 is 2.33 bits per heavy atom. The van der Waals surface area contributed by atoms with Crippen LogP contribution in [0.2, 0.25) is 0 Å². The van der Waals surface area contributed by atoms with Crippen LogP contribution in [0.4, 0.5) is 13.2 Å².